The number of nitrogens with zero attached hydrogens (tertiary/aromatic N) is 3. The van der Waals surface area contributed by atoms with Gasteiger partial charge < -0.3 is 9.84 Å². The van der Waals surface area contributed by atoms with Crippen LogP contribution in [-0.2, 0) is 9.53 Å². The number of carbonyl (C=O) groups excluding carboxylic acids is 2. The van der Waals surface area contributed by atoms with Gasteiger partial charge in [-0.05, 0) is 39.8 Å². The molecule has 10 nitrogen and oxygen atoms in total. The quantitative estimate of drug-likeness (QED) is 0.764. The topological polar surface area (TPSA) is 128 Å². The summed E-state index contributed by atoms with van der Waals surface area (Å²) in [6, 6.07) is 5.92. The lowest BCUT2D eigenvalue weighted by Gasteiger charge is -2.26. The van der Waals surface area contributed by atoms with Gasteiger partial charge in [0.1, 0.15) is 11.6 Å². The molecule has 0 aliphatic carbocycles. The van der Waals surface area contributed by atoms with Crippen LogP contribution in [0.1, 0.15) is 49.2 Å². The van der Waals surface area contributed by atoms with Crippen LogP contribution in [0.2, 0.25) is 0 Å². The van der Waals surface area contributed by atoms with E-state index < -0.39 is 46.9 Å². The molecule has 1 aromatic heterocycles. The molecule has 1 N–H and O–H groups in total. The monoisotopic (exact) mass is 443 g/mol. The van der Waals surface area contributed by atoms with Gasteiger partial charge in [0.2, 0.25) is 0 Å². The SMILES string of the molecule is Cc1cn([C@H]2C[C@@H](C(=O)O)N(C(=O)OC(C)(C)C)C2)c(=O)n(C(=O)c2ccccc2)c1=O. The number of aromatic nitrogens is 2. The number of aliphatic carboxylic acids is 1. The van der Waals surface area contributed by atoms with Gasteiger partial charge in [-0.3, -0.25) is 19.1 Å². The van der Waals surface area contributed by atoms with Crippen molar-refractivity contribution in [3.63, 3.8) is 0 Å². The summed E-state index contributed by atoms with van der Waals surface area (Å²) in [6.07, 6.45) is 0.402. The van der Waals surface area contributed by atoms with Crippen LogP contribution < -0.4 is 11.2 Å². The number of benzene rings is 1. The Bertz CT molecular complexity index is 1170. The first kappa shape index (κ1) is 23.0. The molecular formula is C22H25N3O7. The third kappa shape index (κ3) is 4.48. The predicted octanol–water partition coefficient (Wildman–Crippen LogP) is 1.64. The third-order valence-electron chi connectivity index (χ3n) is 5.09. The third-order valence-corrected chi connectivity index (χ3v) is 5.09. The Kier molecular flexibility index (Phi) is 6.07. The van der Waals surface area contributed by atoms with E-state index in [1.165, 1.54) is 25.3 Å². The van der Waals surface area contributed by atoms with E-state index in [4.69, 9.17) is 4.74 Å². The van der Waals surface area contributed by atoms with E-state index in [1.807, 2.05) is 0 Å². The number of rotatable bonds is 3. The van der Waals surface area contributed by atoms with Crippen LogP contribution in [0.15, 0.2) is 46.1 Å². The molecule has 1 aromatic carbocycles. The van der Waals surface area contributed by atoms with Crippen molar-refractivity contribution in [1.29, 1.82) is 0 Å². The van der Waals surface area contributed by atoms with Gasteiger partial charge in [-0.25, -0.2) is 14.4 Å². The minimum atomic E-state index is -1.24. The molecule has 1 aliphatic rings. The predicted molar refractivity (Wildman–Crippen MR) is 114 cm³/mol. The highest BCUT2D eigenvalue weighted by Gasteiger charge is 2.43. The van der Waals surface area contributed by atoms with E-state index >= 15 is 0 Å². The van der Waals surface area contributed by atoms with E-state index in [0.717, 1.165) is 9.47 Å². The van der Waals surface area contributed by atoms with E-state index in [9.17, 15) is 29.1 Å². The molecule has 1 aliphatic heterocycles. The highest BCUT2D eigenvalue weighted by atomic mass is 16.6. The number of carboxylic acids is 1. The lowest BCUT2D eigenvalue weighted by atomic mass is 10.1. The number of aryl methyl sites for hydroxylation is 1. The van der Waals surface area contributed by atoms with Gasteiger partial charge in [0.15, 0.2) is 0 Å². The summed E-state index contributed by atoms with van der Waals surface area (Å²) in [7, 11) is 0. The maximum atomic E-state index is 13.1. The molecule has 3 rings (SSSR count). The number of hydrogen-bond acceptors (Lipinski definition) is 6. The summed E-state index contributed by atoms with van der Waals surface area (Å²) in [5.41, 5.74) is -2.18. The zero-order valence-corrected chi connectivity index (χ0v) is 18.3. The fourth-order valence-corrected chi connectivity index (χ4v) is 3.62. The van der Waals surface area contributed by atoms with Crippen molar-refractivity contribution in [2.75, 3.05) is 6.54 Å². The van der Waals surface area contributed by atoms with Crippen LogP contribution in [0, 0.1) is 6.92 Å². The molecule has 0 spiro atoms. The average Bonchev–Trinajstić information content (AvgIpc) is 3.16. The number of hydrogen-bond donors (Lipinski definition) is 1. The molecule has 0 bridgehead atoms. The normalized spacial score (nSPS) is 18.4. The first-order valence-corrected chi connectivity index (χ1v) is 10.1. The Labute approximate surface area is 183 Å². The summed E-state index contributed by atoms with van der Waals surface area (Å²) in [5.74, 6) is -2.02. The fraction of sp³-hybridized carbons (Fsp3) is 0.409. The number of carboxylic acid groups (broad SMARTS) is 1. The Morgan fingerprint density at radius 2 is 1.72 bits per heavy atom. The molecule has 0 saturated carbocycles. The minimum absolute atomic E-state index is 0.0777. The largest absolute Gasteiger partial charge is 0.480 e. The van der Waals surface area contributed by atoms with Crippen LogP contribution in [0.25, 0.3) is 0 Å². The fourth-order valence-electron chi connectivity index (χ4n) is 3.62. The molecular weight excluding hydrogens is 418 g/mol. The molecule has 1 amide bonds. The van der Waals surface area contributed by atoms with Gasteiger partial charge in [0.05, 0.1) is 6.04 Å². The van der Waals surface area contributed by atoms with Crippen molar-refractivity contribution < 1.29 is 24.2 Å². The molecule has 1 saturated heterocycles. The second-order valence-corrected chi connectivity index (χ2v) is 8.69. The summed E-state index contributed by atoms with van der Waals surface area (Å²) < 4.78 is 7.00. The van der Waals surface area contributed by atoms with Gasteiger partial charge in [-0.2, -0.15) is 4.57 Å². The lowest BCUT2D eigenvalue weighted by molar-refractivity contribution is -0.142. The van der Waals surface area contributed by atoms with E-state index in [-0.39, 0.29) is 24.1 Å². The highest BCUT2D eigenvalue weighted by molar-refractivity contribution is 5.95. The molecule has 2 aromatic rings. The van der Waals surface area contributed by atoms with Gasteiger partial charge in [0.25, 0.3) is 11.5 Å². The smallest absolute Gasteiger partial charge is 0.411 e. The van der Waals surface area contributed by atoms with E-state index in [0.29, 0.717) is 4.57 Å². The maximum absolute atomic E-state index is 13.1. The van der Waals surface area contributed by atoms with Crippen molar-refractivity contribution in [3.8, 4) is 0 Å². The zero-order chi connectivity index (χ0) is 23.8. The first-order chi connectivity index (χ1) is 14.9. The van der Waals surface area contributed by atoms with Crippen LogP contribution in [0.3, 0.4) is 0 Å². The summed E-state index contributed by atoms with van der Waals surface area (Å²) in [6.45, 7) is 6.32. The molecule has 10 heteroatoms. The highest BCUT2D eigenvalue weighted by Crippen LogP contribution is 2.28. The van der Waals surface area contributed by atoms with Gasteiger partial charge in [-0.1, -0.05) is 18.2 Å². The maximum Gasteiger partial charge on any atom is 0.411 e. The Morgan fingerprint density at radius 3 is 2.28 bits per heavy atom. The van der Waals surface area contributed by atoms with Crippen molar-refractivity contribution in [2.45, 2.75) is 51.8 Å². The second-order valence-electron chi connectivity index (χ2n) is 8.69. The van der Waals surface area contributed by atoms with Crippen LogP contribution in [-0.4, -0.2) is 55.3 Å². The zero-order valence-electron chi connectivity index (χ0n) is 18.3. The number of amides is 1. The lowest BCUT2D eigenvalue weighted by Crippen LogP contribution is -2.46. The molecule has 170 valence electrons. The number of likely N-dealkylation sites (tertiary alicyclic amines) is 1. The summed E-state index contributed by atoms with van der Waals surface area (Å²) in [4.78, 5) is 64.0. The molecule has 2 atom stereocenters. The Hall–Kier alpha value is -3.69. The molecule has 0 unspecified atom stereocenters. The summed E-state index contributed by atoms with van der Waals surface area (Å²) in [5, 5.41) is 9.61. The van der Waals surface area contributed by atoms with Gasteiger partial charge >= 0.3 is 17.8 Å². The Morgan fingerprint density at radius 1 is 1.09 bits per heavy atom. The minimum Gasteiger partial charge on any atom is -0.480 e. The van der Waals surface area contributed by atoms with Crippen molar-refractivity contribution in [2.24, 2.45) is 0 Å². The number of carbonyl (C=O) groups is 3. The van der Waals surface area contributed by atoms with E-state index in [1.54, 1.807) is 39.0 Å². The van der Waals surface area contributed by atoms with Crippen molar-refractivity contribution >= 4 is 18.0 Å². The number of ether oxygens (including phenoxy) is 1. The van der Waals surface area contributed by atoms with Crippen LogP contribution >= 0.6 is 0 Å². The van der Waals surface area contributed by atoms with Gasteiger partial charge in [0, 0.05) is 30.3 Å². The molecule has 32 heavy (non-hydrogen) atoms. The standard InChI is InChI=1S/C22H25N3O7/c1-13-11-23(20(30)25(17(13)26)18(27)14-8-6-5-7-9-14)15-10-16(19(28)29)24(12-15)21(31)32-22(2,3)4/h5-9,11,15-16H,10,12H2,1-4H3,(H,28,29)/t15-,16-/m0/s1. The summed E-state index contributed by atoms with van der Waals surface area (Å²) >= 11 is 0. The van der Waals surface area contributed by atoms with Crippen molar-refractivity contribution in [3.05, 3.63) is 68.5 Å². The van der Waals surface area contributed by atoms with Gasteiger partial charge in [-0.15, -0.1) is 0 Å². The molecule has 0 radical (unpaired) electrons. The second kappa shape index (κ2) is 8.45. The van der Waals surface area contributed by atoms with E-state index in [2.05, 4.69) is 0 Å². The first-order valence-electron chi connectivity index (χ1n) is 10.1. The van der Waals surface area contributed by atoms with Crippen LogP contribution in [0.5, 0.6) is 0 Å². The molecule has 1 fully saturated rings. The Balaban J connectivity index is 2.03. The average molecular weight is 443 g/mol. The van der Waals surface area contributed by atoms with Crippen LogP contribution in [0.4, 0.5) is 4.79 Å². The molecule has 2 heterocycles. The van der Waals surface area contributed by atoms with Crippen molar-refractivity contribution in [1.82, 2.24) is 14.0 Å².